The standard InChI is InChI=1S/C21H27N3O4/c1-27-19-4-2-3-5-20(19)28-15-10-22-21(26)16-23-11-13-24(14-12-23)17-6-8-18(25)9-7-17/h2-9,25H,10-16H2,1H3,(H,22,26)/p+1. The van der Waals surface area contributed by atoms with Crippen LogP contribution in [0.4, 0.5) is 5.69 Å². The number of benzene rings is 2. The number of nitrogens with zero attached hydrogens (tertiary/aromatic N) is 1. The highest BCUT2D eigenvalue weighted by Gasteiger charge is 2.22. The molecule has 1 aliphatic rings. The first-order valence-electron chi connectivity index (χ1n) is 9.56. The molecule has 3 rings (SSSR count). The minimum Gasteiger partial charge on any atom is -0.508 e. The maximum Gasteiger partial charge on any atom is 0.275 e. The molecule has 2 aromatic rings. The molecule has 28 heavy (non-hydrogen) atoms. The average Bonchev–Trinajstić information content (AvgIpc) is 2.73. The van der Waals surface area contributed by atoms with Crippen molar-refractivity contribution in [2.45, 2.75) is 0 Å². The highest BCUT2D eigenvalue weighted by atomic mass is 16.5. The lowest BCUT2D eigenvalue weighted by Gasteiger charge is -2.33. The molecule has 2 aromatic carbocycles. The lowest BCUT2D eigenvalue weighted by atomic mass is 10.2. The van der Waals surface area contributed by atoms with E-state index in [1.807, 2.05) is 36.4 Å². The van der Waals surface area contributed by atoms with Gasteiger partial charge in [0.1, 0.15) is 12.4 Å². The number of piperazine rings is 1. The molecule has 0 atom stereocenters. The van der Waals surface area contributed by atoms with Crippen LogP contribution in [0.1, 0.15) is 0 Å². The van der Waals surface area contributed by atoms with Crippen molar-refractivity contribution in [3.8, 4) is 17.2 Å². The Kier molecular flexibility index (Phi) is 6.97. The van der Waals surface area contributed by atoms with Gasteiger partial charge in [0, 0.05) is 5.69 Å². The monoisotopic (exact) mass is 386 g/mol. The molecule has 1 amide bonds. The van der Waals surface area contributed by atoms with Gasteiger partial charge in [-0.1, -0.05) is 12.1 Å². The van der Waals surface area contributed by atoms with E-state index in [0.29, 0.717) is 31.2 Å². The number of carbonyl (C=O) groups excluding carboxylic acids is 1. The first-order valence-corrected chi connectivity index (χ1v) is 9.56. The molecule has 150 valence electrons. The Morgan fingerprint density at radius 1 is 1.11 bits per heavy atom. The van der Waals surface area contributed by atoms with Crippen molar-refractivity contribution in [1.82, 2.24) is 5.32 Å². The van der Waals surface area contributed by atoms with Gasteiger partial charge in [-0.15, -0.1) is 0 Å². The zero-order valence-electron chi connectivity index (χ0n) is 16.2. The summed E-state index contributed by atoms with van der Waals surface area (Å²) in [6.07, 6.45) is 0. The van der Waals surface area contributed by atoms with Gasteiger partial charge in [0.2, 0.25) is 0 Å². The fourth-order valence-electron chi connectivity index (χ4n) is 3.30. The van der Waals surface area contributed by atoms with Gasteiger partial charge in [-0.3, -0.25) is 4.79 Å². The summed E-state index contributed by atoms with van der Waals surface area (Å²) >= 11 is 0. The number of carbonyl (C=O) groups is 1. The molecule has 0 bridgehead atoms. The van der Waals surface area contributed by atoms with Crippen molar-refractivity contribution in [1.29, 1.82) is 0 Å². The van der Waals surface area contributed by atoms with Crippen LogP contribution in [0.2, 0.25) is 0 Å². The van der Waals surface area contributed by atoms with Gasteiger partial charge in [0.25, 0.3) is 5.91 Å². The Morgan fingerprint density at radius 3 is 2.46 bits per heavy atom. The number of hydrogen-bond acceptors (Lipinski definition) is 5. The highest BCUT2D eigenvalue weighted by Crippen LogP contribution is 2.25. The molecule has 0 radical (unpaired) electrons. The normalized spacial score (nSPS) is 14.5. The predicted octanol–water partition coefficient (Wildman–Crippen LogP) is 0.301. The van der Waals surface area contributed by atoms with Crippen molar-refractivity contribution < 1.29 is 24.3 Å². The zero-order chi connectivity index (χ0) is 19.8. The van der Waals surface area contributed by atoms with Gasteiger partial charge < -0.3 is 29.7 Å². The second-order valence-electron chi connectivity index (χ2n) is 6.78. The van der Waals surface area contributed by atoms with Gasteiger partial charge >= 0.3 is 0 Å². The third-order valence-electron chi connectivity index (χ3n) is 4.85. The number of methoxy groups -OCH3 is 1. The van der Waals surface area contributed by atoms with Crippen LogP contribution in [-0.4, -0.2) is 64.0 Å². The van der Waals surface area contributed by atoms with E-state index in [2.05, 4.69) is 10.2 Å². The number of hydrogen-bond donors (Lipinski definition) is 3. The molecule has 3 N–H and O–H groups in total. The molecule has 0 aliphatic carbocycles. The van der Waals surface area contributed by atoms with E-state index >= 15 is 0 Å². The van der Waals surface area contributed by atoms with Crippen LogP contribution in [0.25, 0.3) is 0 Å². The summed E-state index contributed by atoms with van der Waals surface area (Å²) < 4.78 is 10.9. The maximum absolute atomic E-state index is 12.2. The van der Waals surface area contributed by atoms with Crippen molar-refractivity contribution in [2.24, 2.45) is 0 Å². The summed E-state index contributed by atoms with van der Waals surface area (Å²) in [6, 6.07) is 14.7. The number of anilines is 1. The van der Waals surface area contributed by atoms with Gasteiger partial charge in [0.05, 0.1) is 39.8 Å². The molecule has 7 nitrogen and oxygen atoms in total. The third-order valence-corrected chi connectivity index (χ3v) is 4.85. The molecular weight excluding hydrogens is 358 g/mol. The van der Waals surface area contributed by atoms with Crippen molar-refractivity contribution in [2.75, 3.05) is 57.9 Å². The molecule has 0 aromatic heterocycles. The van der Waals surface area contributed by atoms with Crippen LogP contribution in [0.15, 0.2) is 48.5 Å². The molecule has 1 fully saturated rings. The van der Waals surface area contributed by atoms with E-state index in [1.54, 1.807) is 19.2 Å². The first-order chi connectivity index (χ1) is 13.7. The van der Waals surface area contributed by atoms with Crippen LogP contribution in [-0.2, 0) is 4.79 Å². The van der Waals surface area contributed by atoms with Gasteiger partial charge in [-0.2, -0.15) is 0 Å². The number of aromatic hydroxyl groups is 1. The van der Waals surface area contributed by atoms with E-state index in [0.717, 1.165) is 31.9 Å². The Balaban J connectivity index is 1.34. The van der Waals surface area contributed by atoms with Crippen LogP contribution < -0.4 is 24.6 Å². The van der Waals surface area contributed by atoms with E-state index in [1.165, 1.54) is 4.90 Å². The maximum atomic E-state index is 12.2. The van der Waals surface area contributed by atoms with Crippen LogP contribution in [0.3, 0.4) is 0 Å². The molecule has 1 heterocycles. The Morgan fingerprint density at radius 2 is 1.79 bits per heavy atom. The molecule has 0 saturated carbocycles. The van der Waals surface area contributed by atoms with E-state index < -0.39 is 0 Å². The van der Waals surface area contributed by atoms with Crippen molar-refractivity contribution in [3.63, 3.8) is 0 Å². The lowest BCUT2D eigenvalue weighted by Crippen LogP contribution is -3.16. The van der Waals surface area contributed by atoms with Gasteiger partial charge in [0.15, 0.2) is 18.0 Å². The Hall–Kier alpha value is -2.93. The largest absolute Gasteiger partial charge is 0.508 e. The number of phenolic OH excluding ortho intramolecular Hbond substituents is 1. The number of para-hydroxylation sites is 2. The SMILES string of the molecule is COc1ccccc1OCCNC(=O)C[NH+]1CCN(c2ccc(O)cc2)CC1. The molecule has 0 spiro atoms. The minimum atomic E-state index is 0.0386. The zero-order valence-corrected chi connectivity index (χ0v) is 16.2. The first kappa shape index (κ1) is 19.8. The van der Waals surface area contributed by atoms with Gasteiger partial charge in [-0.05, 0) is 36.4 Å². The van der Waals surface area contributed by atoms with E-state index in [4.69, 9.17) is 9.47 Å². The lowest BCUT2D eigenvalue weighted by molar-refractivity contribution is -0.892. The van der Waals surface area contributed by atoms with E-state index in [-0.39, 0.29) is 11.7 Å². The summed E-state index contributed by atoms with van der Waals surface area (Å²) in [7, 11) is 1.61. The van der Waals surface area contributed by atoms with Crippen LogP contribution in [0.5, 0.6) is 17.2 Å². The van der Waals surface area contributed by atoms with E-state index in [9.17, 15) is 9.90 Å². The summed E-state index contributed by atoms with van der Waals surface area (Å²) in [6.45, 7) is 4.94. The summed E-state index contributed by atoms with van der Waals surface area (Å²) in [5.74, 6) is 1.68. The number of ether oxygens (including phenoxy) is 2. The van der Waals surface area contributed by atoms with Crippen LogP contribution >= 0.6 is 0 Å². The predicted molar refractivity (Wildman–Crippen MR) is 107 cm³/mol. The molecular formula is C21H28N3O4+. The Labute approximate surface area is 165 Å². The second kappa shape index (κ2) is 9.85. The number of phenols is 1. The highest BCUT2D eigenvalue weighted by molar-refractivity contribution is 5.76. The summed E-state index contributed by atoms with van der Waals surface area (Å²) in [4.78, 5) is 15.7. The quantitative estimate of drug-likeness (QED) is 0.569. The second-order valence-corrected chi connectivity index (χ2v) is 6.78. The number of nitrogens with one attached hydrogen (secondary N) is 2. The van der Waals surface area contributed by atoms with Crippen molar-refractivity contribution >= 4 is 11.6 Å². The molecule has 1 aliphatic heterocycles. The van der Waals surface area contributed by atoms with Crippen molar-refractivity contribution in [3.05, 3.63) is 48.5 Å². The minimum absolute atomic E-state index is 0.0386. The number of amides is 1. The summed E-state index contributed by atoms with van der Waals surface area (Å²) in [5, 5.41) is 12.3. The van der Waals surface area contributed by atoms with Gasteiger partial charge in [-0.25, -0.2) is 0 Å². The molecule has 7 heteroatoms. The Bertz CT molecular complexity index is 759. The third kappa shape index (κ3) is 5.53. The number of quaternary nitrogens is 1. The number of rotatable bonds is 8. The average molecular weight is 386 g/mol. The summed E-state index contributed by atoms with van der Waals surface area (Å²) in [5.41, 5.74) is 1.11. The fraction of sp³-hybridized carbons (Fsp3) is 0.381. The van der Waals surface area contributed by atoms with Crippen LogP contribution in [0, 0.1) is 0 Å². The molecule has 1 saturated heterocycles. The fourth-order valence-corrected chi connectivity index (χ4v) is 3.30. The smallest absolute Gasteiger partial charge is 0.275 e. The molecule has 0 unspecified atom stereocenters. The topological polar surface area (TPSA) is 75.5 Å².